The predicted octanol–water partition coefficient (Wildman–Crippen LogP) is 13.1. The third-order valence-electron chi connectivity index (χ3n) is 10.4. The summed E-state index contributed by atoms with van der Waals surface area (Å²) in [5.74, 6) is 2.88. The zero-order valence-corrected chi connectivity index (χ0v) is 28.0. The van der Waals surface area contributed by atoms with Gasteiger partial charge in [-0.05, 0) is 82.9 Å². The maximum absolute atomic E-state index is 6.94. The monoisotopic (exact) mass is 666 g/mol. The van der Waals surface area contributed by atoms with Crippen LogP contribution >= 0.6 is 0 Å². The Balaban J connectivity index is 1.08. The van der Waals surface area contributed by atoms with E-state index in [-0.39, 0.29) is 0 Å². The van der Waals surface area contributed by atoms with Crippen LogP contribution in [0.5, 0.6) is 23.0 Å². The third-order valence-corrected chi connectivity index (χ3v) is 10.4. The molecule has 244 valence electrons. The Hall–Kier alpha value is -7.04. The third kappa shape index (κ3) is 4.28. The van der Waals surface area contributed by atoms with Crippen LogP contribution < -0.4 is 9.47 Å². The van der Waals surface area contributed by atoms with E-state index in [1.165, 1.54) is 22.3 Å². The molecule has 11 rings (SSSR count). The van der Waals surface area contributed by atoms with Crippen LogP contribution in [-0.4, -0.2) is 9.13 Å². The Labute approximate surface area is 300 Å². The first-order valence-corrected chi connectivity index (χ1v) is 17.6. The van der Waals surface area contributed by atoms with Crippen LogP contribution in [-0.2, 0) is 0 Å². The van der Waals surface area contributed by atoms with E-state index < -0.39 is 0 Å². The second-order valence-corrected chi connectivity index (χ2v) is 13.3. The highest BCUT2D eigenvalue weighted by Crippen LogP contribution is 2.54. The van der Waals surface area contributed by atoms with Gasteiger partial charge in [-0.25, -0.2) is 0 Å². The fraction of sp³-hybridized carbons (Fsp3) is 0. The molecule has 52 heavy (non-hydrogen) atoms. The van der Waals surface area contributed by atoms with Crippen LogP contribution in [0.1, 0.15) is 0 Å². The minimum Gasteiger partial charge on any atom is -0.449 e. The van der Waals surface area contributed by atoms with Crippen molar-refractivity contribution in [3.05, 3.63) is 182 Å². The molecule has 0 radical (unpaired) electrons. The lowest BCUT2D eigenvalue weighted by Gasteiger charge is -2.22. The standard InChI is InChI=1S/C48H30N2O2/c1-3-13-31(14-4-1)33-17-11-19-35(29-33)49-39-23-9-7-21-37(39)45-41(49)25-27-43-47(45)51-44-28-26-42-46(48(44)52-43)38-22-8-10-24-40(38)50(42)36-20-12-18-34(30-36)32-15-5-2-6-16-32/h1-30H. The highest BCUT2D eigenvalue weighted by atomic mass is 16.6. The molecule has 0 aliphatic carbocycles. The molecule has 0 saturated heterocycles. The van der Waals surface area contributed by atoms with Gasteiger partial charge >= 0.3 is 0 Å². The smallest absolute Gasteiger partial charge is 0.180 e. The minimum absolute atomic E-state index is 0.705. The van der Waals surface area contributed by atoms with Gasteiger partial charge in [-0.15, -0.1) is 0 Å². The second kappa shape index (κ2) is 11.2. The van der Waals surface area contributed by atoms with Crippen LogP contribution in [0.25, 0.3) is 77.2 Å². The number of rotatable bonds is 4. The van der Waals surface area contributed by atoms with E-state index in [4.69, 9.17) is 9.47 Å². The maximum atomic E-state index is 6.94. The predicted molar refractivity (Wildman–Crippen MR) is 213 cm³/mol. The molecule has 10 aromatic rings. The van der Waals surface area contributed by atoms with Gasteiger partial charge in [0, 0.05) is 22.1 Å². The average molecular weight is 667 g/mol. The van der Waals surface area contributed by atoms with Crippen LogP contribution in [0.15, 0.2) is 182 Å². The Morgan fingerprint density at radius 1 is 0.308 bits per heavy atom. The molecule has 0 spiro atoms. The highest BCUT2D eigenvalue weighted by Gasteiger charge is 2.29. The first-order valence-electron chi connectivity index (χ1n) is 17.6. The number of benzene rings is 8. The molecule has 0 bridgehead atoms. The highest BCUT2D eigenvalue weighted by molar-refractivity contribution is 6.16. The fourth-order valence-corrected chi connectivity index (χ4v) is 8.07. The summed E-state index contributed by atoms with van der Waals surface area (Å²) in [6.45, 7) is 0. The summed E-state index contributed by atoms with van der Waals surface area (Å²) >= 11 is 0. The molecular weight excluding hydrogens is 637 g/mol. The van der Waals surface area contributed by atoms with Crippen LogP contribution in [0, 0.1) is 0 Å². The van der Waals surface area contributed by atoms with Crippen molar-refractivity contribution in [3.8, 4) is 56.6 Å². The number of fused-ring (bicyclic) bond motifs is 10. The SMILES string of the molecule is c1ccc(-c2cccc(-n3c4ccccc4c4c5c(ccc43)Oc3c(ccc4c3c3ccccc3n4-c3cccc(-c4ccccc4)c3)O5)c2)cc1. The molecule has 0 fully saturated rings. The van der Waals surface area contributed by atoms with Gasteiger partial charge in [0.05, 0.1) is 32.8 Å². The van der Waals surface area contributed by atoms with Crippen molar-refractivity contribution in [1.29, 1.82) is 0 Å². The first-order chi connectivity index (χ1) is 25.8. The molecule has 0 unspecified atom stereocenters. The normalized spacial score (nSPS) is 12.2. The molecular formula is C48H30N2O2. The van der Waals surface area contributed by atoms with Gasteiger partial charge in [-0.1, -0.05) is 121 Å². The zero-order valence-electron chi connectivity index (χ0n) is 28.0. The maximum Gasteiger partial charge on any atom is 0.180 e. The van der Waals surface area contributed by atoms with E-state index in [0.717, 1.165) is 66.5 Å². The molecule has 8 aromatic carbocycles. The summed E-state index contributed by atoms with van der Waals surface area (Å²) in [6.07, 6.45) is 0. The van der Waals surface area contributed by atoms with Crippen molar-refractivity contribution < 1.29 is 9.47 Å². The summed E-state index contributed by atoms with van der Waals surface area (Å²) in [4.78, 5) is 0. The van der Waals surface area contributed by atoms with Crippen LogP contribution in [0.2, 0.25) is 0 Å². The number of nitrogens with zero attached hydrogens (tertiary/aromatic N) is 2. The van der Waals surface area contributed by atoms with E-state index in [1.807, 2.05) is 0 Å². The zero-order chi connectivity index (χ0) is 34.2. The lowest BCUT2D eigenvalue weighted by atomic mass is 10.1. The Kier molecular flexibility index (Phi) is 6.22. The van der Waals surface area contributed by atoms with Gasteiger partial charge in [0.1, 0.15) is 0 Å². The largest absolute Gasteiger partial charge is 0.449 e. The van der Waals surface area contributed by atoms with E-state index in [1.54, 1.807) is 0 Å². The number of para-hydroxylation sites is 2. The van der Waals surface area contributed by atoms with E-state index in [2.05, 4.69) is 191 Å². The van der Waals surface area contributed by atoms with Crippen LogP contribution in [0.4, 0.5) is 0 Å². The molecule has 3 heterocycles. The Morgan fingerprint density at radius 3 is 1.17 bits per heavy atom. The lowest BCUT2D eigenvalue weighted by molar-refractivity contribution is 0.367. The topological polar surface area (TPSA) is 28.3 Å². The molecule has 0 atom stereocenters. The number of aromatic nitrogens is 2. The van der Waals surface area contributed by atoms with Gasteiger partial charge in [0.2, 0.25) is 0 Å². The van der Waals surface area contributed by atoms with Crippen molar-refractivity contribution in [3.63, 3.8) is 0 Å². The first kappa shape index (κ1) is 28.8. The van der Waals surface area contributed by atoms with Crippen molar-refractivity contribution >= 4 is 43.6 Å². The second-order valence-electron chi connectivity index (χ2n) is 13.3. The van der Waals surface area contributed by atoms with E-state index in [9.17, 15) is 0 Å². The van der Waals surface area contributed by atoms with Crippen molar-refractivity contribution in [1.82, 2.24) is 9.13 Å². The summed E-state index contributed by atoms with van der Waals surface area (Å²) in [5.41, 5.74) is 11.3. The summed E-state index contributed by atoms with van der Waals surface area (Å²) in [7, 11) is 0. The van der Waals surface area contributed by atoms with E-state index >= 15 is 0 Å². The molecule has 1 aliphatic heterocycles. The minimum atomic E-state index is 0.705. The molecule has 0 amide bonds. The van der Waals surface area contributed by atoms with E-state index in [0.29, 0.717) is 11.5 Å². The molecule has 4 nitrogen and oxygen atoms in total. The average Bonchev–Trinajstić information content (AvgIpc) is 3.74. The summed E-state index contributed by atoms with van der Waals surface area (Å²) < 4.78 is 18.5. The lowest BCUT2D eigenvalue weighted by Crippen LogP contribution is -2.01. The van der Waals surface area contributed by atoms with Gasteiger partial charge < -0.3 is 18.6 Å². The van der Waals surface area contributed by atoms with Crippen molar-refractivity contribution in [2.45, 2.75) is 0 Å². The quantitative estimate of drug-likeness (QED) is 0.187. The van der Waals surface area contributed by atoms with Gasteiger partial charge in [-0.2, -0.15) is 0 Å². The van der Waals surface area contributed by atoms with Crippen molar-refractivity contribution in [2.75, 3.05) is 0 Å². The summed E-state index contributed by atoms with van der Waals surface area (Å²) in [5, 5.41) is 4.29. The molecule has 0 N–H and O–H groups in total. The van der Waals surface area contributed by atoms with Crippen LogP contribution in [0.3, 0.4) is 0 Å². The Bertz CT molecular complexity index is 2800. The Morgan fingerprint density at radius 2 is 0.712 bits per heavy atom. The number of ether oxygens (including phenoxy) is 2. The van der Waals surface area contributed by atoms with Gasteiger partial charge in [0.25, 0.3) is 0 Å². The number of hydrogen-bond donors (Lipinski definition) is 0. The molecule has 4 heteroatoms. The fourth-order valence-electron chi connectivity index (χ4n) is 8.07. The molecule has 0 saturated carbocycles. The molecule has 2 aromatic heterocycles. The molecule has 1 aliphatic rings. The van der Waals surface area contributed by atoms with Gasteiger partial charge in [-0.3, -0.25) is 0 Å². The number of hydrogen-bond acceptors (Lipinski definition) is 2. The van der Waals surface area contributed by atoms with Crippen molar-refractivity contribution in [2.24, 2.45) is 0 Å². The summed E-state index contributed by atoms with van der Waals surface area (Å²) in [6, 6.07) is 64.0. The van der Waals surface area contributed by atoms with Gasteiger partial charge in [0.15, 0.2) is 23.0 Å².